The van der Waals surface area contributed by atoms with Gasteiger partial charge < -0.3 is 5.11 Å². The molecule has 0 fully saturated rings. The van der Waals surface area contributed by atoms with E-state index in [0.717, 1.165) is 6.42 Å². The molecule has 0 aromatic heterocycles. The van der Waals surface area contributed by atoms with Crippen molar-refractivity contribution in [1.29, 1.82) is 0 Å². The standard InChI is InChI=1S/C7H13NO.C4H6O2/c1-2-3-4-5-6-8-7-9;1-3(2)4(5)6/h2-6H2,1H3;1H2,2H3,(H,5,6). The van der Waals surface area contributed by atoms with E-state index in [1.807, 2.05) is 0 Å². The van der Waals surface area contributed by atoms with Crippen LogP contribution in [0.1, 0.15) is 39.5 Å². The van der Waals surface area contributed by atoms with Gasteiger partial charge in [0.15, 0.2) is 0 Å². The lowest BCUT2D eigenvalue weighted by Gasteiger charge is -1.90. The van der Waals surface area contributed by atoms with E-state index in [0.29, 0.717) is 6.54 Å². The first kappa shape index (κ1) is 16.0. The summed E-state index contributed by atoms with van der Waals surface area (Å²) in [6, 6.07) is 0. The van der Waals surface area contributed by atoms with Gasteiger partial charge in [0.25, 0.3) is 0 Å². The third-order valence-corrected chi connectivity index (χ3v) is 1.55. The quantitative estimate of drug-likeness (QED) is 0.319. The molecule has 0 amide bonds. The van der Waals surface area contributed by atoms with Gasteiger partial charge >= 0.3 is 5.97 Å². The molecule has 0 bridgehead atoms. The first-order valence-electron chi connectivity index (χ1n) is 4.98. The molecule has 15 heavy (non-hydrogen) atoms. The Balaban J connectivity index is 0. The van der Waals surface area contributed by atoms with Crippen LogP contribution in [0.4, 0.5) is 0 Å². The molecule has 0 aromatic carbocycles. The molecule has 0 rings (SSSR count). The molecule has 0 saturated heterocycles. The van der Waals surface area contributed by atoms with Crippen LogP contribution < -0.4 is 0 Å². The normalized spacial score (nSPS) is 8.13. The molecule has 0 atom stereocenters. The van der Waals surface area contributed by atoms with E-state index < -0.39 is 5.97 Å². The fraction of sp³-hybridized carbons (Fsp3) is 0.636. The highest BCUT2D eigenvalue weighted by atomic mass is 16.4. The SMILES string of the molecule is C=C(C)C(=O)O.CCCCCCN=C=O. The fourth-order valence-electron chi connectivity index (χ4n) is 0.663. The van der Waals surface area contributed by atoms with Crippen molar-refractivity contribution in [2.24, 2.45) is 4.99 Å². The summed E-state index contributed by atoms with van der Waals surface area (Å²) in [5.74, 6) is -0.935. The largest absolute Gasteiger partial charge is 0.478 e. The average Bonchev–Trinajstić information content (AvgIpc) is 2.18. The molecule has 0 aliphatic rings. The van der Waals surface area contributed by atoms with Gasteiger partial charge in [-0.3, -0.25) is 0 Å². The summed E-state index contributed by atoms with van der Waals surface area (Å²) in [4.78, 5) is 22.6. The molecular weight excluding hydrogens is 194 g/mol. The highest BCUT2D eigenvalue weighted by Gasteiger charge is 1.90. The lowest BCUT2D eigenvalue weighted by Crippen LogP contribution is -1.92. The summed E-state index contributed by atoms with van der Waals surface area (Å²) in [5.41, 5.74) is 0.176. The van der Waals surface area contributed by atoms with Crippen LogP contribution in [-0.2, 0) is 9.59 Å². The first-order valence-corrected chi connectivity index (χ1v) is 4.98. The van der Waals surface area contributed by atoms with E-state index in [-0.39, 0.29) is 5.57 Å². The number of nitrogens with zero attached hydrogens (tertiary/aromatic N) is 1. The Morgan fingerprint density at radius 2 is 1.93 bits per heavy atom. The molecule has 0 spiro atoms. The number of aliphatic carboxylic acids is 1. The van der Waals surface area contributed by atoms with E-state index in [1.165, 1.54) is 32.3 Å². The second-order valence-electron chi connectivity index (χ2n) is 3.12. The fourth-order valence-corrected chi connectivity index (χ4v) is 0.663. The van der Waals surface area contributed by atoms with Crippen LogP contribution in [0.3, 0.4) is 0 Å². The number of unbranched alkanes of at least 4 members (excludes halogenated alkanes) is 3. The summed E-state index contributed by atoms with van der Waals surface area (Å²) in [6.45, 7) is 7.41. The van der Waals surface area contributed by atoms with Crippen molar-refractivity contribution in [3.05, 3.63) is 12.2 Å². The Kier molecular flexibility index (Phi) is 13.5. The van der Waals surface area contributed by atoms with Gasteiger partial charge in [0.1, 0.15) is 0 Å². The summed E-state index contributed by atoms with van der Waals surface area (Å²) in [5, 5.41) is 7.89. The van der Waals surface area contributed by atoms with Crippen molar-refractivity contribution in [2.75, 3.05) is 6.54 Å². The van der Waals surface area contributed by atoms with Crippen LogP contribution in [0.5, 0.6) is 0 Å². The Hall–Kier alpha value is -1.41. The van der Waals surface area contributed by atoms with Crippen LogP contribution in [-0.4, -0.2) is 23.7 Å². The minimum Gasteiger partial charge on any atom is -0.478 e. The van der Waals surface area contributed by atoms with E-state index in [4.69, 9.17) is 5.11 Å². The molecule has 0 heterocycles. The topological polar surface area (TPSA) is 66.7 Å². The molecule has 0 aliphatic heterocycles. The van der Waals surface area contributed by atoms with E-state index in [1.54, 1.807) is 0 Å². The average molecular weight is 213 g/mol. The van der Waals surface area contributed by atoms with E-state index in [9.17, 15) is 9.59 Å². The molecule has 0 saturated carbocycles. The van der Waals surface area contributed by atoms with Crippen molar-refractivity contribution in [3.63, 3.8) is 0 Å². The number of isocyanates is 1. The van der Waals surface area contributed by atoms with E-state index >= 15 is 0 Å². The van der Waals surface area contributed by atoms with Crippen molar-refractivity contribution in [3.8, 4) is 0 Å². The Morgan fingerprint density at radius 3 is 2.27 bits per heavy atom. The number of hydrogen-bond acceptors (Lipinski definition) is 3. The van der Waals surface area contributed by atoms with Gasteiger partial charge in [0, 0.05) is 5.57 Å². The molecule has 0 radical (unpaired) electrons. The molecule has 4 heteroatoms. The molecular formula is C11H19NO3. The number of aliphatic imine (C=N–C) groups is 1. The minimum absolute atomic E-state index is 0.176. The maximum Gasteiger partial charge on any atom is 0.330 e. The minimum atomic E-state index is -0.935. The van der Waals surface area contributed by atoms with Gasteiger partial charge in [-0.05, 0) is 13.3 Å². The van der Waals surface area contributed by atoms with Crippen LogP contribution in [0.25, 0.3) is 0 Å². The molecule has 4 nitrogen and oxygen atoms in total. The van der Waals surface area contributed by atoms with Crippen LogP contribution in [0.2, 0.25) is 0 Å². The molecule has 0 aromatic rings. The second kappa shape index (κ2) is 12.6. The van der Waals surface area contributed by atoms with Crippen molar-refractivity contribution < 1.29 is 14.7 Å². The number of rotatable bonds is 6. The van der Waals surface area contributed by atoms with Gasteiger partial charge in [-0.2, -0.15) is 0 Å². The maximum absolute atomic E-state index is 9.60. The molecule has 0 aliphatic carbocycles. The van der Waals surface area contributed by atoms with Crippen molar-refractivity contribution in [1.82, 2.24) is 0 Å². The number of carboxylic acid groups (broad SMARTS) is 1. The van der Waals surface area contributed by atoms with Gasteiger partial charge in [0.2, 0.25) is 6.08 Å². The van der Waals surface area contributed by atoms with E-state index in [2.05, 4.69) is 18.5 Å². The number of hydrogen-bond donors (Lipinski definition) is 1. The zero-order chi connectivity index (χ0) is 12.1. The highest BCUT2D eigenvalue weighted by molar-refractivity contribution is 5.84. The predicted octanol–water partition coefficient (Wildman–Crippen LogP) is 2.55. The lowest BCUT2D eigenvalue weighted by atomic mass is 10.2. The lowest BCUT2D eigenvalue weighted by molar-refractivity contribution is -0.132. The molecule has 1 N–H and O–H groups in total. The van der Waals surface area contributed by atoms with Gasteiger partial charge in [-0.25, -0.2) is 14.6 Å². The van der Waals surface area contributed by atoms with Crippen LogP contribution >= 0.6 is 0 Å². The molecule has 86 valence electrons. The summed E-state index contributed by atoms with van der Waals surface area (Å²) >= 11 is 0. The Bertz CT molecular complexity index is 218. The number of carbonyl (C=O) groups excluding carboxylic acids is 1. The maximum atomic E-state index is 9.60. The number of carboxylic acids is 1. The van der Waals surface area contributed by atoms with Crippen molar-refractivity contribution in [2.45, 2.75) is 39.5 Å². The monoisotopic (exact) mass is 213 g/mol. The van der Waals surface area contributed by atoms with Gasteiger partial charge in [-0.15, -0.1) is 0 Å². The van der Waals surface area contributed by atoms with Crippen LogP contribution in [0.15, 0.2) is 17.1 Å². The number of carbonyl (C=O) groups is 1. The third-order valence-electron chi connectivity index (χ3n) is 1.55. The zero-order valence-corrected chi connectivity index (χ0v) is 9.45. The molecule has 0 unspecified atom stereocenters. The summed E-state index contributed by atoms with van der Waals surface area (Å²) in [6.07, 6.45) is 6.20. The Labute approximate surface area is 90.7 Å². The predicted molar refractivity (Wildman–Crippen MR) is 59.6 cm³/mol. The smallest absolute Gasteiger partial charge is 0.330 e. The highest BCUT2D eigenvalue weighted by Crippen LogP contribution is 1.97. The zero-order valence-electron chi connectivity index (χ0n) is 9.45. The summed E-state index contributed by atoms with van der Waals surface area (Å²) < 4.78 is 0. The van der Waals surface area contributed by atoms with Crippen LogP contribution in [0, 0.1) is 0 Å². The summed E-state index contributed by atoms with van der Waals surface area (Å²) in [7, 11) is 0. The van der Waals surface area contributed by atoms with Gasteiger partial charge in [0.05, 0.1) is 6.54 Å². The second-order valence-corrected chi connectivity index (χ2v) is 3.12. The Morgan fingerprint density at radius 1 is 1.40 bits per heavy atom. The first-order chi connectivity index (χ1) is 7.06. The van der Waals surface area contributed by atoms with Crippen molar-refractivity contribution >= 4 is 12.0 Å². The van der Waals surface area contributed by atoms with Gasteiger partial charge in [-0.1, -0.05) is 32.8 Å². The third kappa shape index (κ3) is 19.1.